The van der Waals surface area contributed by atoms with Crippen molar-refractivity contribution in [3.05, 3.63) is 3.31 Å². The molecule has 0 rings (SSSR count). The van der Waals surface area contributed by atoms with Gasteiger partial charge in [-0.1, -0.05) is 0 Å². The van der Waals surface area contributed by atoms with Crippen molar-refractivity contribution in [1.29, 1.82) is 0 Å². The second kappa shape index (κ2) is 1.91. The molecule has 0 aliphatic heterocycles. The van der Waals surface area contributed by atoms with Crippen molar-refractivity contribution in [2.24, 2.45) is 0 Å². The van der Waals surface area contributed by atoms with Gasteiger partial charge in [0.2, 0.25) is 0 Å². The first-order chi connectivity index (χ1) is 2.56. The predicted octanol–water partition coefficient (Wildman–Crippen LogP) is 1.62. The Morgan fingerprint density at radius 2 is 1.50 bits per heavy atom. The summed E-state index contributed by atoms with van der Waals surface area (Å²) in [6, 6.07) is 0. The molecule has 35 valence electrons. The third kappa shape index (κ3) is 4.40. The van der Waals surface area contributed by atoms with E-state index in [-0.39, 0.29) is 5.54 Å². The van der Waals surface area contributed by atoms with Crippen molar-refractivity contribution in [3.63, 3.8) is 0 Å². The Morgan fingerprint density at radius 3 is 1.50 bits per heavy atom. The van der Waals surface area contributed by atoms with Gasteiger partial charge in [0.05, 0.1) is 0 Å². The molecule has 0 aromatic heterocycles. The molecular weight excluding hydrogens is 246 g/mol. The molecule has 0 fully saturated rings. The van der Waals surface area contributed by atoms with E-state index in [1.165, 1.54) is 19.4 Å². The Bertz CT molecular complexity index is 74.5. The number of hydrogen-bond acceptors (Lipinski definition) is 0. The normalized spacial score (nSPS) is 10.3. The van der Waals surface area contributed by atoms with Crippen molar-refractivity contribution in [3.8, 4) is 0 Å². The molecule has 0 aliphatic rings. The molecule has 0 amide bonds. The van der Waals surface area contributed by atoms with Crippen LogP contribution in [-0.2, 0) is 19.4 Å². The molecule has 6 heavy (non-hydrogen) atoms. The Labute approximate surface area is 49.5 Å². The summed E-state index contributed by atoms with van der Waals surface area (Å²) in [7, 11) is 0. The molecule has 0 saturated heterocycles. The molecule has 0 unspecified atom stereocenters. The molecule has 0 aromatic carbocycles. The maximum atomic E-state index is 4.10. The zero-order chi connectivity index (χ0) is 5.21. The van der Waals surface area contributed by atoms with Crippen molar-refractivity contribution >= 4 is 0 Å². The summed E-state index contributed by atoms with van der Waals surface area (Å²) in [6.45, 7) is 6.29. The molecule has 2 heteroatoms. The van der Waals surface area contributed by atoms with Crippen LogP contribution in [0.25, 0.3) is 3.31 Å². The van der Waals surface area contributed by atoms with E-state index >= 15 is 0 Å². The van der Waals surface area contributed by atoms with Crippen molar-refractivity contribution in [2.75, 3.05) is 0 Å². The van der Waals surface area contributed by atoms with Crippen LogP contribution in [-0.4, -0.2) is 5.54 Å². The van der Waals surface area contributed by atoms with E-state index in [4.69, 9.17) is 0 Å². The average Bonchev–Trinajstić information content (AvgIpc) is 1.35. The van der Waals surface area contributed by atoms with Gasteiger partial charge in [-0.3, -0.25) is 0 Å². The van der Waals surface area contributed by atoms with Crippen LogP contribution >= 0.6 is 0 Å². The molecule has 0 bridgehead atoms. The molecule has 0 atom stereocenters. The first-order valence-corrected chi connectivity index (χ1v) is 3.22. The van der Waals surface area contributed by atoms with E-state index in [1.807, 2.05) is 0 Å². The van der Waals surface area contributed by atoms with E-state index in [2.05, 4.69) is 24.1 Å². The molecule has 0 saturated carbocycles. The number of nitrogens with zero attached hydrogens (tertiary/aromatic N) is 1. The second-order valence-electron chi connectivity index (χ2n) is 2.26. The summed E-state index contributed by atoms with van der Waals surface area (Å²) in [5.74, 6) is 0. The van der Waals surface area contributed by atoms with Crippen LogP contribution in [0.3, 0.4) is 0 Å². The molecule has 0 radical (unpaired) electrons. The first-order valence-electron chi connectivity index (χ1n) is 1.91. The summed E-state index contributed by atoms with van der Waals surface area (Å²) in [6.07, 6.45) is 0. The van der Waals surface area contributed by atoms with Gasteiger partial charge in [-0.25, -0.2) is 0 Å². The zero-order valence-electron chi connectivity index (χ0n) is 4.36. The van der Waals surface area contributed by atoms with Gasteiger partial charge in [-0.05, 0) is 0 Å². The SMILES string of the molecule is CC(C)(C)[N+]#[W]. The molecular formula is C4H9NW+. The van der Waals surface area contributed by atoms with E-state index in [9.17, 15) is 0 Å². The molecule has 0 N–H and O–H groups in total. The van der Waals surface area contributed by atoms with Crippen LogP contribution in [0, 0.1) is 0 Å². The van der Waals surface area contributed by atoms with Crippen LogP contribution < -0.4 is 0 Å². The Balaban J connectivity index is 3.55. The second-order valence-corrected chi connectivity index (χ2v) is 2.92. The van der Waals surface area contributed by atoms with E-state index < -0.39 is 0 Å². The Morgan fingerprint density at radius 1 is 1.33 bits per heavy atom. The van der Waals surface area contributed by atoms with Crippen LogP contribution in [0.15, 0.2) is 0 Å². The maximum absolute atomic E-state index is 4.10. The van der Waals surface area contributed by atoms with Crippen LogP contribution in [0.2, 0.25) is 0 Å². The third-order valence-electron chi connectivity index (χ3n) is 0.274. The van der Waals surface area contributed by atoms with Gasteiger partial charge in [0.1, 0.15) is 0 Å². The summed E-state index contributed by atoms with van der Waals surface area (Å²) in [5.41, 5.74) is 0.204. The van der Waals surface area contributed by atoms with Crippen molar-refractivity contribution in [1.82, 2.24) is 0 Å². The average molecular weight is 255 g/mol. The Kier molecular flexibility index (Phi) is 2.03. The number of rotatable bonds is 0. The van der Waals surface area contributed by atoms with Crippen LogP contribution in [0.5, 0.6) is 0 Å². The minimum absolute atomic E-state index is 0.204. The minimum atomic E-state index is 0.204. The van der Waals surface area contributed by atoms with E-state index in [0.717, 1.165) is 0 Å². The monoisotopic (exact) mass is 255 g/mol. The molecule has 0 spiro atoms. The van der Waals surface area contributed by atoms with E-state index in [1.54, 1.807) is 0 Å². The van der Waals surface area contributed by atoms with Crippen LogP contribution in [0.4, 0.5) is 0 Å². The fraction of sp³-hybridized carbons (Fsp3) is 1.00. The van der Waals surface area contributed by atoms with E-state index in [0.29, 0.717) is 0 Å². The van der Waals surface area contributed by atoms with Gasteiger partial charge in [0.25, 0.3) is 0 Å². The van der Waals surface area contributed by atoms with Gasteiger partial charge in [-0.2, -0.15) is 0 Å². The summed E-state index contributed by atoms with van der Waals surface area (Å²) < 4.78 is 4.10. The summed E-state index contributed by atoms with van der Waals surface area (Å²) in [4.78, 5) is 0. The van der Waals surface area contributed by atoms with Crippen molar-refractivity contribution < 1.29 is 19.4 Å². The topological polar surface area (TPSA) is 4.36 Å². The molecule has 1 nitrogen and oxygen atoms in total. The van der Waals surface area contributed by atoms with Gasteiger partial charge in [0.15, 0.2) is 0 Å². The third-order valence-corrected chi connectivity index (χ3v) is 2.24. The Hall–Kier alpha value is 0.398. The first kappa shape index (κ1) is 6.40. The number of hydrogen-bond donors (Lipinski definition) is 0. The fourth-order valence-electron chi connectivity index (χ4n) is 0. The van der Waals surface area contributed by atoms with Gasteiger partial charge in [-0.15, -0.1) is 0 Å². The van der Waals surface area contributed by atoms with Gasteiger partial charge in [0, 0.05) is 0 Å². The van der Waals surface area contributed by atoms with Crippen molar-refractivity contribution in [2.45, 2.75) is 26.3 Å². The van der Waals surface area contributed by atoms with Gasteiger partial charge >= 0.3 is 49.1 Å². The standard InChI is InChI=1S/C4H9N.W/c1-4(2,3)5;/h1-3H3;/q+1;. The quantitative estimate of drug-likeness (QED) is 0.619. The summed E-state index contributed by atoms with van der Waals surface area (Å²) >= 11 is 1.32. The molecule has 0 aromatic rings. The zero-order valence-corrected chi connectivity index (χ0v) is 7.29. The van der Waals surface area contributed by atoms with Gasteiger partial charge < -0.3 is 0 Å². The molecule has 0 aliphatic carbocycles. The molecule has 0 heterocycles. The fourth-order valence-corrected chi connectivity index (χ4v) is 0. The predicted molar refractivity (Wildman–Crippen MR) is 23.1 cm³/mol. The summed E-state index contributed by atoms with van der Waals surface area (Å²) in [5, 5.41) is 0. The van der Waals surface area contributed by atoms with Crippen LogP contribution in [0.1, 0.15) is 20.8 Å².